The highest BCUT2D eigenvalue weighted by Gasteiger charge is 2.31. The van der Waals surface area contributed by atoms with E-state index in [1.165, 1.54) is 7.11 Å². The molecule has 6 nitrogen and oxygen atoms in total. The van der Waals surface area contributed by atoms with Gasteiger partial charge in [0.25, 0.3) is 0 Å². The summed E-state index contributed by atoms with van der Waals surface area (Å²) in [7, 11) is 1.41. The zero-order chi connectivity index (χ0) is 17.5. The Labute approximate surface area is 147 Å². The van der Waals surface area contributed by atoms with E-state index in [-0.39, 0.29) is 17.9 Å². The maximum absolute atomic E-state index is 11.9. The average molecular weight is 351 g/mol. The number of nitrogens with one attached hydrogen (secondary N) is 2. The van der Waals surface area contributed by atoms with Crippen LogP contribution in [0.5, 0.6) is 0 Å². The van der Waals surface area contributed by atoms with Gasteiger partial charge in [-0.15, -0.1) is 0 Å². The molecule has 7 heteroatoms. The molecule has 2 atom stereocenters. The molecular weight excluding hydrogens is 328 g/mol. The fraction of sp³-hybridized carbons (Fsp3) is 0.471. The normalized spacial score (nSPS) is 20.0. The smallest absolute Gasteiger partial charge is 0.312 e. The average Bonchev–Trinajstić information content (AvgIpc) is 2.63. The van der Waals surface area contributed by atoms with Crippen LogP contribution in [0.3, 0.4) is 0 Å². The van der Waals surface area contributed by atoms with Crippen molar-refractivity contribution in [1.82, 2.24) is 15.3 Å². The second kappa shape index (κ2) is 8.80. The Morgan fingerprint density at radius 1 is 1.42 bits per heavy atom. The standard InChI is InChI=1S/C15H17ClN4O2.C2H6/c1-22-15(21)10-8-17-5-4-11(10)19-14-3-2-9-7-18-13(16)6-12(9)20-14;1-2/h2-3,6-7,10-11,17H,4-5,8H2,1H3,(H,19,20);1-2H3. The number of hydrogen-bond acceptors (Lipinski definition) is 6. The van der Waals surface area contributed by atoms with Crippen molar-refractivity contribution in [3.63, 3.8) is 0 Å². The maximum atomic E-state index is 11.9. The van der Waals surface area contributed by atoms with Crippen molar-refractivity contribution in [2.45, 2.75) is 26.3 Å². The van der Waals surface area contributed by atoms with E-state index in [4.69, 9.17) is 16.3 Å². The summed E-state index contributed by atoms with van der Waals surface area (Å²) in [5.74, 6) is 0.283. The Hall–Kier alpha value is -1.92. The summed E-state index contributed by atoms with van der Waals surface area (Å²) < 4.78 is 4.88. The van der Waals surface area contributed by atoms with Crippen molar-refractivity contribution in [2.24, 2.45) is 5.92 Å². The molecule has 130 valence electrons. The number of pyridine rings is 2. The highest BCUT2D eigenvalue weighted by atomic mass is 35.5. The van der Waals surface area contributed by atoms with Gasteiger partial charge in [0, 0.05) is 30.2 Å². The number of anilines is 1. The molecule has 1 aliphatic rings. The molecule has 2 N–H and O–H groups in total. The molecule has 2 aromatic rings. The number of piperidine rings is 1. The van der Waals surface area contributed by atoms with Crippen LogP contribution in [0.2, 0.25) is 5.15 Å². The Kier molecular flexibility index (Phi) is 6.75. The highest BCUT2D eigenvalue weighted by molar-refractivity contribution is 6.29. The van der Waals surface area contributed by atoms with E-state index < -0.39 is 0 Å². The van der Waals surface area contributed by atoms with Gasteiger partial charge in [-0.3, -0.25) is 4.79 Å². The lowest BCUT2D eigenvalue weighted by molar-refractivity contribution is -0.146. The van der Waals surface area contributed by atoms with Crippen molar-refractivity contribution in [3.05, 3.63) is 29.5 Å². The Morgan fingerprint density at radius 3 is 2.96 bits per heavy atom. The molecule has 3 rings (SSSR count). The van der Waals surface area contributed by atoms with Gasteiger partial charge in [-0.1, -0.05) is 25.4 Å². The lowest BCUT2D eigenvalue weighted by Gasteiger charge is -2.31. The summed E-state index contributed by atoms with van der Waals surface area (Å²) >= 11 is 5.91. The lowest BCUT2D eigenvalue weighted by Crippen LogP contribution is -2.48. The Bertz CT molecular complexity index is 695. The number of fused-ring (bicyclic) bond motifs is 1. The fourth-order valence-electron chi connectivity index (χ4n) is 2.69. The van der Waals surface area contributed by atoms with Crippen LogP contribution in [0, 0.1) is 5.92 Å². The topological polar surface area (TPSA) is 76.1 Å². The van der Waals surface area contributed by atoms with Crippen LogP contribution in [0.15, 0.2) is 24.4 Å². The van der Waals surface area contributed by atoms with Crippen molar-refractivity contribution < 1.29 is 9.53 Å². The predicted molar refractivity (Wildman–Crippen MR) is 96.3 cm³/mol. The molecule has 0 amide bonds. The van der Waals surface area contributed by atoms with Gasteiger partial charge in [0.2, 0.25) is 0 Å². The molecule has 0 saturated carbocycles. The number of carbonyl (C=O) groups is 1. The van der Waals surface area contributed by atoms with Crippen molar-refractivity contribution >= 4 is 34.3 Å². The van der Waals surface area contributed by atoms with Gasteiger partial charge in [0.05, 0.1) is 18.5 Å². The zero-order valence-corrected chi connectivity index (χ0v) is 14.9. The molecule has 3 heterocycles. The van der Waals surface area contributed by atoms with Gasteiger partial charge in [0.1, 0.15) is 11.0 Å². The van der Waals surface area contributed by atoms with Crippen LogP contribution in [0.4, 0.5) is 5.82 Å². The highest BCUT2D eigenvalue weighted by Crippen LogP contribution is 2.21. The van der Waals surface area contributed by atoms with E-state index in [0.29, 0.717) is 11.7 Å². The van der Waals surface area contributed by atoms with Crippen LogP contribution in [0.1, 0.15) is 20.3 Å². The number of nitrogens with zero attached hydrogens (tertiary/aromatic N) is 2. The number of ether oxygens (including phenoxy) is 1. The van der Waals surface area contributed by atoms with Gasteiger partial charge in [-0.25, -0.2) is 9.97 Å². The van der Waals surface area contributed by atoms with Gasteiger partial charge < -0.3 is 15.4 Å². The Balaban J connectivity index is 0.00000100. The summed E-state index contributed by atoms with van der Waals surface area (Å²) in [4.78, 5) is 20.5. The number of aromatic nitrogens is 2. The van der Waals surface area contributed by atoms with Gasteiger partial charge in [-0.2, -0.15) is 0 Å². The number of methoxy groups -OCH3 is 1. The molecular formula is C17H23ClN4O2. The summed E-state index contributed by atoms with van der Waals surface area (Å²) in [6.07, 6.45) is 2.52. The monoisotopic (exact) mass is 350 g/mol. The van der Waals surface area contributed by atoms with Crippen LogP contribution in [-0.2, 0) is 9.53 Å². The van der Waals surface area contributed by atoms with Gasteiger partial charge >= 0.3 is 5.97 Å². The third kappa shape index (κ3) is 4.33. The van der Waals surface area contributed by atoms with Crippen LogP contribution in [-0.4, -0.2) is 42.2 Å². The molecule has 24 heavy (non-hydrogen) atoms. The largest absolute Gasteiger partial charge is 0.469 e. The van der Waals surface area contributed by atoms with E-state index in [2.05, 4.69) is 20.6 Å². The Morgan fingerprint density at radius 2 is 2.21 bits per heavy atom. The molecule has 2 aromatic heterocycles. The number of rotatable bonds is 3. The minimum Gasteiger partial charge on any atom is -0.469 e. The fourth-order valence-corrected chi connectivity index (χ4v) is 2.84. The summed E-state index contributed by atoms with van der Waals surface area (Å²) in [5.41, 5.74) is 0.772. The van der Waals surface area contributed by atoms with Gasteiger partial charge in [-0.05, 0) is 25.1 Å². The van der Waals surface area contributed by atoms with Crippen molar-refractivity contribution in [3.8, 4) is 0 Å². The molecule has 1 fully saturated rings. The molecule has 0 spiro atoms. The van der Waals surface area contributed by atoms with Crippen LogP contribution >= 0.6 is 11.6 Å². The van der Waals surface area contributed by atoms with E-state index in [0.717, 1.165) is 29.7 Å². The first-order valence-electron chi connectivity index (χ1n) is 8.15. The molecule has 0 bridgehead atoms. The van der Waals surface area contributed by atoms with Crippen LogP contribution in [0.25, 0.3) is 10.9 Å². The first-order chi connectivity index (χ1) is 11.7. The summed E-state index contributed by atoms with van der Waals surface area (Å²) in [6, 6.07) is 5.54. The molecule has 1 saturated heterocycles. The third-order valence-corrected chi connectivity index (χ3v) is 4.07. The first-order valence-corrected chi connectivity index (χ1v) is 8.52. The van der Waals surface area contributed by atoms with E-state index in [1.54, 1.807) is 12.3 Å². The number of esters is 1. The minimum atomic E-state index is -0.225. The quantitative estimate of drug-likeness (QED) is 0.654. The van der Waals surface area contributed by atoms with E-state index in [1.807, 2.05) is 26.0 Å². The summed E-state index contributed by atoms with van der Waals surface area (Å²) in [5, 5.41) is 7.89. The second-order valence-electron chi connectivity index (χ2n) is 5.27. The van der Waals surface area contributed by atoms with Gasteiger partial charge in [0.15, 0.2) is 0 Å². The third-order valence-electron chi connectivity index (χ3n) is 3.86. The number of hydrogen-bond donors (Lipinski definition) is 2. The predicted octanol–water partition coefficient (Wildman–Crippen LogP) is 2.87. The van der Waals surface area contributed by atoms with Crippen molar-refractivity contribution in [1.29, 1.82) is 0 Å². The summed E-state index contributed by atoms with van der Waals surface area (Å²) in [6.45, 7) is 5.46. The van der Waals surface area contributed by atoms with Crippen molar-refractivity contribution in [2.75, 3.05) is 25.5 Å². The molecule has 1 aliphatic heterocycles. The number of halogens is 1. The minimum absolute atomic E-state index is 0.00374. The van der Waals surface area contributed by atoms with Crippen LogP contribution < -0.4 is 10.6 Å². The molecule has 2 unspecified atom stereocenters. The molecule has 0 aromatic carbocycles. The SMILES string of the molecule is CC.COC(=O)C1CNCCC1Nc1ccc2cnc(Cl)cc2n1. The first kappa shape index (κ1) is 18.4. The van der Waals surface area contributed by atoms with E-state index >= 15 is 0 Å². The van der Waals surface area contributed by atoms with E-state index in [9.17, 15) is 4.79 Å². The zero-order valence-electron chi connectivity index (χ0n) is 14.2. The second-order valence-corrected chi connectivity index (χ2v) is 5.66. The number of carbonyl (C=O) groups excluding carboxylic acids is 1. The lowest BCUT2D eigenvalue weighted by atomic mass is 9.93. The maximum Gasteiger partial charge on any atom is 0.312 e. The molecule has 0 aliphatic carbocycles. The molecule has 0 radical (unpaired) electrons.